The van der Waals surface area contributed by atoms with Gasteiger partial charge in [-0.2, -0.15) is 0 Å². The lowest BCUT2D eigenvalue weighted by molar-refractivity contribution is 0.0658. The Kier molecular flexibility index (Phi) is 4.45. The second kappa shape index (κ2) is 6.90. The fourth-order valence-corrected chi connectivity index (χ4v) is 3.66. The van der Waals surface area contributed by atoms with Crippen LogP contribution in [0.3, 0.4) is 0 Å². The maximum absolute atomic E-state index is 13.3. The quantitative estimate of drug-likeness (QED) is 0.678. The van der Waals surface area contributed by atoms with Crippen molar-refractivity contribution in [1.29, 1.82) is 0 Å². The second-order valence-electron chi connectivity index (χ2n) is 6.98. The van der Waals surface area contributed by atoms with Crippen molar-refractivity contribution in [3.8, 4) is 0 Å². The van der Waals surface area contributed by atoms with Gasteiger partial charge < -0.3 is 9.32 Å². The van der Waals surface area contributed by atoms with Crippen LogP contribution in [0.4, 0.5) is 0 Å². The Morgan fingerprint density at radius 3 is 2.65 bits per heavy atom. The Labute approximate surface area is 153 Å². The van der Waals surface area contributed by atoms with Gasteiger partial charge in [-0.25, -0.2) is 9.97 Å². The summed E-state index contributed by atoms with van der Waals surface area (Å²) in [5.41, 5.74) is 4.06. The molecule has 1 aromatic carbocycles. The Balaban J connectivity index is 1.70. The maximum Gasteiger partial charge on any atom is 0.254 e. The molecule has 1 atom stereocenters. The summed E-state index contributed by atoms with van der Waals surface area (Å²) in [6.07, 6.45) is 5.89. The Morgan fingerprint density at radius 1 is 1.08 bits per heavy atom. The third-order valence-electron chi connectivity index (χ3n) is 5.21. The van der Waals surface area contributed by atoms with E-state index in [-0.39, 0.29) is 11.9 Å². The van der Waals surface area contributed by atoms with Gasteiger partial charge in [-0.15, -0.1) is 0 Å². The van der Waals surface area contributed by atoms with Gasteiger partial charge in [0.25, 0.3) is 5.91 Å². The summed E-state index contributed by atoms with van der Waals surface area (Å²) < 4.78 is 5.63. The van der Waals surface area contributed by atoms with Crippen molar-refractivity contribution in [3.63, 3.8) is 0 Å². The predicted octanol–water partition coefficient (Wildman–Crippen LogP) is 4.60. The second-order valence-corrected chi connectivity index (χ2v) is 6.98. The molecule has 0 saturated carbocycles. The molecule has 26 heavy (non-hydrogen) atoms. The van der Waals surface area contributed by atoms with E-state index in [1.54, 1.807) is 6.26 Å². The average molecular weight is 349 g/mol. The zero-order chi connectivity index (χ0) is 18.1. The molecular formula is C21H23N3O2. The molecule has 3 heterocycles. The first-order chi connectivity index (χ1) is 12.6. The summed E-state index contributed by atoms with van der Waals surface area (Å²) in [5, 5.41) is 0. The van der Waals surface area contributed by atoms with E-state index in [0.717, 1.165) is 60.4 Å². The Morgan fingerprint density at radius 2 is 1.88 bits per heavy atom. The molecule has 0 spiro atoms. The minimum absolute atomic E-state index is 0.00142. The number of aromatic nitrogens is 2. The van der Waals surface area contributed by atoms with E-state index >= 15 is 0 Å². The maximum atomic E-state index is 13.3. The van der Waals surface area contributed by atoms with Gasteiger partial charge in [0.2, 0.25) is 0 Å². The number of furan rings is 1. The number of benzene rings is 1. The summed E-state index contributed by atoms with van der Waals surface area (Å²) >= 11 is 0. The summed E-state index contributed by atoms with van der Waals surface area (Å²) in [4.78, 5) is 24.4. The normalized spacial score (nSPS) is 18.1. The highest BCUT2D eigenvalue weighted by Crippen LogP contribution is 2.32. The first-order valence-corrected chi connectivity index (χ1v) is 9.23. The van der Waals surface area contributed by atoms with E-state index in [1.807, 2.05) is 49.1 Å². The number of amides is 1. The highest BCUT2D eigenvalue weighted by molar-refractivity contribution is 5.97. The van der Waals surface area contributed by atoms with E-state index in [4.69, 9.17) is 4.42 Å². The molecule has 1 aliphatic rings. The molecule has 1 fully saturated rings. The number of hydrogen-bond acceptors (Lipinski definition) is 4. The van der Waals surface area contributed by atoms with Crippen LogP contribution < -0.4 is 0 Å². The summed E-state index contributed by atoms with van der Waals surface area (Å²) in [6.45, 7) is 4.64. The van der Waals surface area contributed by atoms with Crippen molar-refractivity contribution < 1.29 is 9.21 Å². The van der Waals surface area contributed by atoms with Crippen LogP contribution in [0.1, 0.15) is 59.2 Å². The Bertz CT molecular complexity index is 934. The first kappa shape index (κ1) is 16.8. The van der Waals surface area contributed by atoms with Crippen molar-refractivity contribution in [2.24, 2.45) is 0 Å². The molecule has 1 unspecified atom stereocenters. The first-order valence-electron chi connectivity index (χ1n) is 9.23. The molecule has 0 aliphatic carbocycles. The van der Waals surface area contributed by atoms with Gasteiger partial charge in [0.15, 0.2) is 0 Å². The number of likely N-dealkylation sites (tertiary alicyclic amines) is 1. The average Bonchev–Trinajstić information content (AvgIpc) is 3.06. The molecule has 1 saturated heterocycles. The zero-order valence-electron chi connectivity index (χ0n) is 15.2. The number of hydrogen-bond donors (Lipinski definition) is 0. The van der Waals surface area contributed by atoms with Crippen molar-refractivity contribution >= 4 is 16.9 Å². The molecule has 5 heteroatoms. The van der Waals surface area contributed by atoms with E-state index < -0.39 is 0 Å². The van der Waals surface area contributed by atoms with Gasteiger partial charge in [-0.3, -0.25) is 4.79 Å². The lowest BCUT2D eigenvalue weighted by atomic mass is 10.1. The van der Waals surface area contributed by atoms with Crippen LogP contribution >= 0.6 is 0 Å². The lowest BCUT2D eigenvalue weighted by Crippen LogP contribution is -2.34. The molecule has 0 radical (unpaired) electrons. The predicted molar refractivity (Wildman–Crippen MR) is 100.0 cm³/mol. The molecular weight excluding hydrogens is 326 g/mol. The molecule has 0 bridgehead atoms. The largest absolute Gasteiger partial charge is 0.467 e. The monoisotopic (exact) mass is 349 g/mol. The third-order valence-corrected chi connectivity index (χ3v) is 5.21. The van der Waals surface area contributed by atoms with Crippen molar-refractivity contribution in [2.45, 2.75) is 45.6 Å². The summed E-state index contributed by atoms with van der Waals surface area (Å²) in [6, 6.07) is 9.47. The standard InChI is InChI=1S/C21H23N3O2/c1-14-15(2)23-18-13-16(9-10-17(18)22-14)21(25)24-11-5-3-4-7-19(24)20-8-6-12-26-20/h6,8-10,12-13,19H,3-5,7,11H2,1-2H3. The number of nitrogens with zero attached hydrogens (tertiary/aromatic N) is 3. The Hall–Kier alpha value is -2.69. The van der Waals surface area contributed by atoms with Gasteiger partial charge >= 0.3 is 0 Å². The van der Waals surface area contributed by atoms with Crippen molar-refractivity contribution in [2.75, 3.05) is 6.54 Å². The SMILES string of the molecule is Cc1nc2ccc(C(=O)N3CCCCCC3c3ccco3)cc2nc1C. The van der Waals surface area contributed by atoms with Gasteiger partial charge in [-0.05, 0) is 57.0 Å². The van der Waals surface area contributed by atoms with Gasteiger partial charge in [0, 0.05) is 12.1 Å². The lowest BCUT2D eigenvalue weighted by Gasteiger charge is -2.28. The highest BCUT2D eigenvalue weighted by atomic mass is 16.3. The number of carbonyl (C=O) groups is 1. The zero-order valence-corrected chi connectivity index (χ0v) is 15.2. The van der Waals surface area contributed by atoms with Crippen LogP contribution in [0.2, 0.25) is 0 Å². The number of rotatable bonds is 2. The van der Waals surface area contributed by atoms with Gasteiger partial charge in [0.1, 0.15) is 5.76 Å². The number of carbonyl (C=O) groups excluding carboxylic acids is 1. The van der Waals surface area contributed by atoms with Crippen LogP contribution in [-0.2, 0) is 0 Å². The minimum atomic E-state index is 0.00142. The molecule has 3 aromatic rings. The van der Waals surface area contributed by atoms with Crippen LogP contribution in [0.15, 0.2) is 41.0 Å². The minimum Gasteiger partial charge on any atom is -0.467 e. The van der Waals surface area contributed by atoms with Crippen LogP contribution in [0.5, 0.6) is 0 Å². The van der Waals surface area contributed by atoms with Crippen LogP contribution in [0, 0.1) is 13.8 Å². The van der Waals surface area contributed by atoms with Gasteiger partial charge in [0.05, 0.1) is 34.7 Å². The molecule has 1 amide bonds. The highest BCUT2D eigenvalue weighted by Gasteiger charge is 2.29. The molecule has 134 valence electrons. The summed E-state index contributed by atoms with van der Waals surface area (Å²) in [7, 11) is 0. The smallest absolute Gasteiger partial charge is 0.254 e. The van der Waals surface area contributed by atoms with E-state index in [2.05, 4.69) is 9.97 Å². The molecule has 1 aliphatic heterocycles. The number of aryl methyl sites for hydroxylation is 2. The molecule has 4 rings (SSSR count). The molecule has 5 nitrogen and oxygen atoms in total. The van der Waals surface area contributed by atoms with Gasteiger partial charge in [-0.1, -0.05) is 12.8 Å². The van der Waals surface area contributed by atoms with Crippen LogP contribution in [-0.4, -0.2) is 27.3 Å². The third kappa shape index (κ3) is 3.09. The van der Waals surface area contributed by atoms with Crippen molar-refractivity contribution in [1.82, 2.24) is 14.9 Å². The molecule has 2 aromatic heterocycles. The topological polar surface area (TPSA) is 59.2 Å². The summed E-state index contributed by atoms with van der Waals surface area (Å²) in [5.74, 6) is 0.905. The number of fused-ring (bicyclic) bond motifs is 1. The molecule has 0 N–H and O–H groups in total. The van der Waals surface area contributed by atoms with Crippen molar-refractivity contribution in [3.05, 3.63) is 59.3 Å². The van der Waals surface area contributed by atoms with Crippen LogP contribution in [0.25, 0.3) is 11.0 Å². The van der Waals surface area contributed by atoms with E-state index in [1.165, 1.54) is 0 Å². The fourth-order valence-electron chi connectivity index (χ4n) is 3.66. The fraction of sp³-hybridized carbons (Fsp3) is 0.381. The van der Waals surface area contributed by atoms with E-state index in [9.17, 15) is 4.79 Å². The van der Waals surface area contributed by atoms with E-state index in [0.29, 0.717) is 5.56 Å².